The van der Waals surface area contributed by atoms with Crippen LogP contribution in [0.1, 0.15) is 47.0 Å². The summed E-state index contributed by atoms with van der Waals surface area (Å²) in [5, 5.41) is 0. The summed E-state index contributed by atoms with van der Waals surface area (Å²) in [6.07, 6.45) is 3.92. The van der Waals surface area contributed by atoms with Crippen molar-refractivity contribution < 1.29 is 4.74 Å². The molecule has 3 heteroatoms. The maximum atomic E-state index is 6.23. The predicted octanol–water partition coefficient (Wildman–Crippen LogP) is 2.25. The van der Waals surface area contributed by atoms with Crippen molar-refractivity contribution in [3.05, 3.63) is 0 Å². The molecule has 3 unspecified atom stereocenters. The van der Waals surface area contributed by atoms with Gasteiger partial charge in [-0.1, -0.05) is 20.3 Å². The molecule has 2 aliphatic rings. The van der Waals surface area contributed by atoms with Crippen LogP contribution in [0.4, 0.5) is 0 Å². The van der Waals surface area contributed by atoms with Gasteiger partial charge in [-0.25, -0.2) is 0 Å². The molecule has 0 amide bonds. The van der Waals surface area contributed by atoms with Crippen molar-refractivity contribution in [2.24, 2.45) is 17.6 Å². The lowest BCUT2D eigenvalue weighted by Gasteiger charge is -2.55. The van der Waals surface area contributed by atoms with Crippen molar-refractivity contribution in [1.82, 2.24) is 4.90 Å². The zero-order valence-electron chi connectivity index (χ0n) is 12.5. The van der Waals surface area contributed by atoms with Crippen LogP contribution in [0.25, 0.3) is 0 Å². The molecule has 3 nitrogen and oxygen atoms in total. The molecule has 2 fully saturated rings. The number of ether oxygens (including phenoxy) is 1. The maximum absolute atomic E-state index is 6.23. The van der Waals surface area contributed by atoms with Gasteiger partial charge in [-0.2, -0.15) is 0 Å². The minimum atomic E-state index is -0.0270. The van der Waals surface area contributed by atoms with E-state index in [1.54, 1.807) is 0 Å². The first-order valence-corrected chi connectivity index (χ1v) is 7.49. The first kappa shape index (κ1) is 14.3. The van der Waals surface area contributed by atoms with Gasteiger partial charge in [-0.3, -0.25) is 4.90 Å². The van der Waals surface area contributed by atoms with Crippen LogP contribution in [0, 0.1) is 11.8 Å². The van der Waals surface area contributed by atoms with Gasteiger partial charge in [0.05, 0.1) is 12.2 Å². The zero-order chi connectivity index (χ0) is 13.4. The van der Waals surface area contributed by atoms with Gasteiger partial charge >= 0.3 is 0 Å². The normalized spacial score (nSPS) is 41.8. The van der Waals surface area contributed by atoms with Gasteiger partial charge in [0.25, 0.3) is 0 Å². The Morgan fingerprint density at radius 2 is 2.00 bits per heavy atom. The van der Waals surface area contributed by atoms with Crippen LogP contribution in [0.5, 0.6) is 0 Å². The van der Waals surface area contributed by atoms with Gasteiger partial charge in [0.15, 0.2) is 0 Å². The number of morpholine rings is 1. The first-order valence-electron chi connectivity index (χ1n) is 7.49. The van der Waals surface area contributed by atoms with Crippen LogP contribution < -0.4 is 5.73 Å². The summed E-state index contributed by atoms with van der Waals surface area (Å²) in [5.41, 5.74) is 6.41. The van der Waals surface area contributed by atoms with E-state index < -0.39 is 0 Å². The summed E-state index contributed by atoms with van der Waals surface area (Å²) < 4.78 is 5.86. The van der Waals surface area contributed by atoms with E-state index in [2.05, 4.69) is 32.6 Å². The molecule has 0 aromatic rings. The Balaban J connectivity index is 2.19. The molecule has 2 rings (SSSR count). The molecule has 1 aliphatic carbocycles. The predicted molar refractivity (Wildman–Crippen MR) is 75.6 cm³/mol. The van der Waals surface area contributed by atoms with E-state index in [4.69, 9.17) is 10.5 Å². The summed E-state index contributed by atoms with van der Waals surface area (Å²) in [5.74, 6) is 1.50. The second-order valence-corrected chi connectivity index (χ2v) is 7.13. The lowest BCUT2D eigenvalue weighted by Crippen LogP contribution is -2.65. The van der Waals surface area contributed by atoms with E-state index >= 15 is 0 Å². The summed E-state index contributed by atoms with van der Waals surface area (Å²) in [6.45, 7) is 12.8. The first-order chi connectivity index (χ1) is 8.39. The maximum Gasteiger partial charge on any atom is 0.0753 e. The number of nitrogens with zero attached hydrogens (tertiary/aromatic N) is 1. The van der Waals surface area contributed by atoms with Crippen LogP contribution in [0.3, 0.4) is 0 Å². The van der Waals surface area contributed by atoms with Crippen molar-refractivity contribution >= 4 is 0 Å². The average molecular weight is 254 g/mol. The van der Waals surface area contributed by atoms with Crippen LogP contribution in [0.15, 0.2) is 0 Å². The molecule has 1 saturated carbocycles. The average Bonchev–Trinajstić information content (AvgIpc) is 2.31. The highest BCUT2D eigenvalue weighted by molar-refractivity contribution is 5.02. The summed E-state index contributed by atoms with van der Waals surface area (Å²) in [4.78, 5) is 2.64. The number of rotatable bonds is 2. The molecule has 0 spiro atoms. The van der Waals surface area contributed by atoms with Crippen LogP contribution in [0.2, 0.25) is 0 Å². The minimum Gasteiger partial charge on any atom is -0.373 e. The Bertz CT molecular complexity index is 292. The van der Waals surface area contributed by atoms with E-state index in [1.165, 1.54) is 19.3 Å². The Morgan fingerprint density at radius 3 is 2.61 bits per heavy atom. The Hall–Kier alpha value is -0.120. The molecule has 0 radical (unpaired) electrons. The third-order valence-corrected chi connectivity index (χ3v) is 5.12. The molecular formula is C15H30N2O. The third-order valence-electron chi connectivity index (χ3n) is 5.12. The minimum absolute atomic E-state index is 0.0270. The molecule has 18 heavy (non-hydrogen) atoms. The molecule has 1 saturated heterocycles. The second kappa shape index (κ2) is 5.10. The summed E-state index contributed by atoms with van der Waals surface area (Å²) >= 11 is 0. The van der Waals surface area contributed by atoms with Crippen molar-refractivity contribution in [2.45, 2.75) is 58.1 Å². The molecule has 3 atom stereocenters. The van der Waals surface area contributed by atoms with Crippen LogP contribution >= 0.6 is 0 Å². The highest BCUT2D eigenvalue weighted by Crippen LogP contribution is 2.41. The van der Waals surface area contributed by atoms with Crippen LogP contribution in [-0.2, 0) is 4.74 Å². The molecule has 0 bridgehead atoms. The smallest absolute Gasteiger partial charge is 0.0753 e. The van der Waals surface area contributed by atoms with Crippen molar-refractivity contribution in [2.75, 3.05) is 26.2 Å². The fraction of sp³-hybridized carbons (Fsp3) is 1.00. The van der Waals surface area contributed by atoms with Crippen molar-refractivity contribution in [3.8, 4) is 0 Å². The van der Waals surface area contributed by atoms with Gasteiger partial charge in [-0.05, 0) is 38.5 Å². The quantitative estimate of drug-likeness (QED) is 0.821. The largest absolute Gasteiger partial charge is 0.373 e. The topological polar surface area (TPSA) is 38.5 Å². The number of hydrogen-bond acceptors (Lipinski definition) is 3. The van der Waals surface area contributed by atoms with Crippen molar-refractivity contribution in [1.29, 1.82) is 0 Å². The van der Waals surface area contributed by atoms with Gasteiger partial charge in [-0.15, -0.1) is 0 Å². The lowest BCUT2D eigenvalue weighted by atomic mass is 9.68. The standard InChI is InChI=1S/C15H30N2O/c1-12-5-6-13(2)15(9-12,10-16)17-7-8-18-14(3,4)11-17/h12-13H,5-11,16H2,1-4H3. The highest BCUT2D eigenvalue weighted by atomic mass is 16.5. The summed E-state index contributed by atoms with van der Waals surface area (Å²) in [7, 11) is 0. The Morgan fingerprint density at radius 1 is 1.28 bits per heavy atom. The molecule has 1 heterocycles. The van der Waals surface area contributed by atoms with Gasteiger partial charge in [0.1, 0.15) is 0 Å². The lowest BCUT2D eigenvalue weighted by molar-refractivity contribution is -0.135. The van der Waals surface area contributed by atoms with Crippen molar-refractivity contribution in [3.63, 3.8) is 0 Å². The van der Waals surface area contributed by atoms with E-state index in [0.717, 1.165) is 32.2 Å². The van der Waals surface area contributed by atoms with E-state index in [9.17, 15) is 0 Å². The van der Waals surface area contributed by atoms with Gasteiger partial charge < -0.3 is 10.5 Å². The van der Waals surface area contributed by atoms with Gasteiger partial charge in [0.2, 0.25) is 0 Å². The monoisotopic (exact) mass is 254 g/mol. The molecule has 0 aromatic carbocycles. The molecular weight excluding hydrogens is 224 g/mol. The second-order valence-electron chi connectivity index (χ2n) is 7.13. The van der Waals surface area contributed by atoms with E-state index in [1.807, 2.05) is 0 Å². The summed E-state index contributed by atoms with van der Waals surface area (Å²) in [6, 6.07) is 0. The number of hydrogen-bond donors (Lipinski definition) is 1. The van der Waals surface area contributed by atoms with E-state index in [0.29, 0.717) is 5.92 Å². The third kappa shape index (κ3) is 2.59. The molecule has 106 valence electrons. The highest BCUT2D eigenvalue weighted by Gasteiger charge is 2.46. The Kier molecular flexibility index (Phi) is 4.05. The van der Waals surface area contributed by atoms with E-state index in [-0.39, 0.29) is 11.1 Å². The fourth-order valence-electron chi connectivity index (χ4n) is 3.96. The fourth-order valence-corrected chi connectivity index (χ4v) is 3.96. The zero-order valence-corrected chi connectivity index (χ0v) is 12.5. The molecule has 1 aliphatic heterocycles. The molecule has 2 N–H and O–H groups in total. The Labute approximate surface area is 112 Å². The van der Waals surface area contributed by atoms with Crippen LogP contribution in [-0.4, -0.2) is 42.3 Å². The number of nitrogens with two attached hydrogens (primary N) is 1. The van der Waals surface area contributed by atoms with Gasteiger partial charge in [0, 0.05) is 25.2 Å². The molecule has 0 aromatic heterocycles. The SMILES string of the molecule is CC1CCC(C)C(CN)(N2CCOC(C)(C)C2)C1.